The molecule has 2 nitrogen and oxygen atoms in total. The van der Waals surface area contributed by atoms with Crippen LogP contribution in [0.1, 0.15) is 25.7 Å². The van der Waals surface area contributed by atoms with Crippen molar-refractivity contribution in [2.45, 2.75) is 31.7 Å². The van der Waals surface area contributed by atoms with E-state index in [1.54, 1.807) is 6.08 Å². The molecule has 0 aromatic heterocycles. The van der Waals surface area contributed by atoms with E-state index in [4.69, 9.17) is 0 Å². The minimum Gasteiger partial charge on any atom is -0.332 e. The van der Waals surface area contributed by atoms with Crippen LogP contribution in [-0.4, -0.2) is 23.4 Å². The van der Waals surface area contributed by atoms with E-state index in [0.717, 1.165) is 32.2 Å². The molecule has 70 valence electrons. The Labute approximate surface area is 78.9 Å². The topological polar surface area (TPSA) is 20.3 Å². The van der Waals surface area contributed by atoms with Crippen molar-refractivity contribution in [1.82, 2.24) is 4.90 Å². The molecule has 0 aromatic rings. The molecule has 1 unspecified atom stereocenters. The van der Waals surface area contributed by atoms with Crippen LogP contribution in [0.5, 0.6) is 0 Å². The molecule has 0 radical (unpaired) electrons. The normalized spacial score (nSPS) is 28.2. The molecule has 2 aliphatic rings. The summed E-state index contributed by atoms with van der Waals surface area (Å²) in [6.45, 7) is 0.799. The summed E-state index contributed by atoms with van der Waals surface area (Å²) in [5.41, 5.74) is 0. The fourth-order valence-electron chi connectivity index (χ4n) is 2.04. The predicted molar refractivity (Wildman–Crippen MR) is 52.2 cm³/mol. The number of allylic oxidation sites excluding steroid dienone is 2. The Morgan fingerprint density at radius 3 is 2.77 bits per heavy atom. The maximum atomic E-state index is 11.6. The molecular formula is C11H15NO. The first-order valence-electron chi connectivity index (χ1n) is 5.00. The van der Waals surface area contributed by atoms with Crippen LogP contribution in [0.15, 0.2) is 24.3 Å². The summed E-state index contributed by atoms with van der Waals surface area (Å²) in [7, 11) is 0. The maximum absolute atomic E-state index is 11.6. The first-order valence-corrected chi connectivity index (χ1v) is 5.00. The molecular weight excluding hydrogens is 162 g/mol. The van der Waals surface area contributed by atoms with Gasteiger partial charge >= 0.3 is 0 Å². The second-order valence-electron chi connectivity index (χ2n) is 3.67. The van der Waals surface area contributed by atoms with Crippen molar-refractivity contribution < 1.29 is 4.79 Å². The lowest BCUT2D eigenvalue weighted by Crippen LogP contribution is -2.37. The molecule has 0 bridgehead atoms. The van der Waals surface area contributed by atoms with Crippen LogP contribution in [0.4, 0.5) is 0 Å². The standard InChI is InChI=1S/C11H15NO/c13-11-8-4-3-7-10-6-2-1-5-9-12(10)11/h1,4-5,8,10H,2-3,6-7,9H2. The number of carbonyl (C=O) groups is 1. The number of nitrogens with zero attached hydrogens (tertiary/aromatic N) is 1. The van der Waals surface area contributed by atoms with Gasteiger partial charge in [-0.05, 0) is 31.8 Å². The van der Waals surface area contributed by atoms with E-state index < -0.39 is 0 Å². The molecule has 0 aromatic carbocycles. The predicted octanol–water partition coefficient (Wildman–Crippen LogP) is 1.88. The van der Waals surface area contributed by atoms with Crippen LogP contribution < -0.4 is 0 Å². The highest BCUT2D eigenvalue weighted by atomic mass is 16.2. The Balaban J connectivity index is 2.16. The summed E-state index contributed by atoms with van der Waals surface area (Å²) in [5.74, 6) is 0.189. The molecule has 2 heterocycles. The van der Waals surface area contributed by atoms with E-state index in [1.807, 2.05) is 11.0 Å². The fourth-order valence-corrected chi connectivity index (χ4v) is 2.04. The highest BCUT2D eigenvalue weighted by molar-refractivity contribution is 5.88. The Morgan fingerprint density at radius 2 is 1.92 bits per heavy atom. The number of fused-ring (bicyclic) bond motifs is 1. The third-order valence-electron chi connectivity index (χ3n) is 2.79. The Bertz CT molecular complexity index is 253. The summed E-state index contributed by atoms with van der Waals surface area (Å²) in [4.78, 5) is 13.6. The molecule has 0 aliphatic carbocycles. The molecule has 0 fully saturated rings. The van der Waals surface area contributed by atoms with Gasteiger partial charge < -0.3 is 4.90 Å². The zero-order valence-electron chi connectivity index (χ0n) is 7.78. The number of hydrogen-bond acceptors (Lipinski definition) is 1. The van der Waals surface area contributed by atoms with Gasteiger partial charge in [0.15, 0.2) is 0 Å². The summed E-state index contributed by atoms with van der Waals surface area (Å²) >= 11 is 0. The second kappa shape index (κ2) is 3.77. The smallest absolute Gasteiger partial charge is 0.246 e. The van der Waals surface area contributed by atoms with Crippen LogP contribution >= 0.6 is 0 Å². The average molecular weight is 177 g/mol. The van der Waals surface area contributed by atoms with Crippen LogP contribution in [0.2, 0.25) is 0 Å². The summed E-state index contributed by atoms with van der Waals surface area (Å²) < 4.78 is 0. The zero-order valence-corrected chi connectivity index (χ0v) is 7.78. The van der Waals surface area contributed by atoms with Crippen LogP contribution in [0.3, 0.4) is 0 Å². The molecule has 0 saturated heterocycles. The summed E-state index contributed by atoms with van der Waals surface area (Å²) in [6, 6.07) is 0.470. The van der Waals surface area contributed by atoms with E-state index in [2.05, 4.69) is 12.2 Å². The number of carbonyl (C=O) groups excluding carboxylic acids is 1. The van der Waals surface area contributed by atoms with Gasteiger partial charge in [-0.2, -0.15) is 0 Å². The number of rotatable bonds is 0. The van der Waals surface area contributed by atoms with Gasteiger partial charge in [-0.25, -0.2) is 0 Å². The lowest BCUT2D eigenvalue weighted by atomic mass is 10.1. The molecule has 13 heavy (non-hydrogen) atoms. The van der Waals surface area contributed by atoms with E-state index in [9.17, 15) is 4.79 Å². The van der Waals surface area contributed by atoms with Crippen molar-refractivity contribution in [3.05, 3.63) is 24.3 Å². The van der Waals surface area contributed by atoms with Gasteiger partial charge in [-0.15, -0.1) is 0 Å². The minimum atomic E-state index is 0.189. The van der Waals surface area contributed by atoms with Crippen molar-refractivity contribution in [3.8, 4) is 0 Å². The molecule has 0 spiro atoms. The number of amides is 1. The molecule has 2 aliphatic heterocycles. The van der Waals surface area contributed by atoms with Gasteiger partial charge in [-0.3, -0.25) is 4.79 Å². The van der Waals surface area contributed by atoms with Crippen molar-refractivity contribution in [2.75, 3.05) is 6.54 Å². The second-order valence-corrected chi connectivity index (χ2v) is 3.67. The largest absolute Gasteiger partial charge is 0.332 e. The Kier molecular flexibility index (Phi) is 2.48. The number of hydrogen-bond donors (Lipinski definition) is 0. The van der Waals surface area contributed by atoms with Gasteiger partial charge in [0, 0.05) is 12.6 Å². The molecule has 2 rings (SSSR count). The lowest BCUT2D eigenvalue weighted by Gasteiger charge is -2.27. The molecule has 0 saturated carbocycles. The van der Waals surface area contributed by atoms with Gasteiger partial charge in [0.05, 0.1) is 0 Å². The van der Waals surface area contributed by atoms with Crippen molar-refractivity contribution in [1.29, 1.82) is 0 Å². The lowest BCUT2D eigenvalue weighted by molar-refractivity contribution is -0.127. The highest BCUT2D eigenvalue weighted by Crippen LogP contribution is 2.20. The quantitative estimate of drug-likeness (QED) is 0.517. The Hall–Kier alpha value is -1.05. The van der Waals surface area contributed by atoms with Crippen molar-refractivity contribution in [2.24, 2.45) is 0 Å². The average Bonchev–Trinajstić information content (AvgIpc) is 2.43. The van der Waals surface area contributed by atoms with Gasteiger partial charge in [0.1, 0.15) is 0 Å². The van der Waals surface area contributed by atoms with Crippen LogP contribution in [0, 0.1) is 0 Å². The van der Waals surface area contributed by atoms with E-state index in [-0.39, 0.29) is 5.91 Å². The highest BCUT2D eigenvalue weighted by Gasteiger charge is 2.23. The first-order chi connectivity index (χ1) is 6.38. The summed E-state index contributed by atoms with van der Waals surface area (Å²) in [5, 5.41) is 0. The fraction of sp³-hybridized carbons (Fsp3) is 0.545. The van der Waals surface area contributed by atoms with E-state index in [1.165, 1.54) is 0 Å². The summed E-state index contributed by atoms with van der Waals surface area (Å²) in [6.07, 6.45) is 12.4. The minimum absolute atomic E-state index is 0.189. The molecule has 1 atom stereocenters. The van der Waals surface area contributed by atoms with E-state index in [0.29, 0.717) is 6.04 Å². The van der Waals surface area contributed by atoms with Crippen molar-refractivity contribution >= 4 is 5.91 Å². The van der Waals surface area contributed by atoms with E-state index >= 15 is 0 Å². The van der Waals surface area contributed by atoms with Crippen LogP contribution in [0.25, 0.3) is 0 Å². The van der Waals surface area contributed by atoms with Crippen molar-refractivity contribution in [3.63, 3.8) is 0 Å². The maximum Gasteiger partial charge on any atom is 0.246 e. The third kappa shape index (κ3) is 1.82. The molecule has 0 N–H and O–H groups in total. The monoisotopic (exact) mass is 177 g/mol. The van der Waals surface area contributed by atoms with Gasteiger partial charge in [0.25, 0.3) is 0 Å². The molecule has 2 heteroatoms. The Morgan fingerprint density at radius 1 is 1.15 bits per heavy atom. The zero-order chi connectivity index (χ0) is 9.10. The molecule has 1 amide bonds. The first kappa shape index (κ1) is 8.54. The van der Waals surface area contributed by atoms with Gasteiger partial charge in [-0.1, -0.05) is 18.2 Å². The SMILES string of the molecule is O=C1C=CCCC2CCC=CCN12. The van der Waals surface area contributed by atoms with Gasteiger partial charge in [0.2, 0.25) is 5.91 Å². The third-order valence-corrected chi connectivity index (χ3v) is 2.79. The van der Waals surface area contributed by atoms with Crippen LogP contribution in [-0.2, 0) is 4.79 Å².